The largest absolute Gasteiger partial charge is 0.366 e. The molecule has 3 nitrogen and oxygen atoms in total. The number of aryl methyl sites for hydroxylation is 1. The molecule has 1 aliphatic heterocycles. The van der Waals surface area contributed by atoms with Gasteiger partial charge in [0.2, 0.25) is 5.91 Å². The molecular weight excluding hydrogens is 224 g/mol. The van der Waals surface area contributed by atoms with Crippen LogP contribution in [0.1, 0.15) is 35.2 Å². The van der Waals surface area contributed by atoms with Gasteiger partial charge in [-0.1, -0.05) is 18.2 Å². The van der Waals surface area contributed by atoms with Crippen molar-refractivity contribution in [1.82, 2.24) is 4.90 Å². The number of carbonyl (C=O) groups excluding carboxylic acids is 1. The Balaban J connectivity index is 1.92. The average molecular weight is 246 g/mol. The smallest absolute Gasteiger partial charge is 0.248 e. The van der Waals surface area contributed by atoms with Crippen molar-refractivity contribution in [2.75, 3.05) is 20.1 Å². The van der Waals surface area contributed by atoms with Crippen LogP contribution in [0.15, 0.2) is 24.3 Å². The van der Waals surface area contributed by atoms with E-state index in [0.717, 1.165) is 24.3 Å². The van der Waals surface area contributed by atoms with Gasteiger partial charge in [0.15, 0.2) is 0 Å². The zero-order valence-corrected chi connectivity index (χ0v) is 11.1. The molecule has 18 heavy (non-hydrogen) atoms. The second kappa shape index (κ2) is 6.01. The van der Waals surface area contributed by atoms with E-state index in [1.807, 2.05) is 24.3 Å². The van der Waals surface area contributed by atoms with Gasteiger partial charge >= 0.3 is 0 Å². The summed E-state index contributed by atoms with van der Waals surface area (Å²) in [6.45, 7) is 2.39. The fraction of sp³-hybridized carbons (Fsp3) is 0.533. The molecule has 0 spiro atoms. The summed E-state index contributed by atoms with van der Waals surface area (Å²) >= 11 is 0. The van der Waals surface area contributed by atoms with E-state index in [2.05, 4.69) is 11.9 Å². The van der Waals surface area contributed by atoms with E-state index >= 15 is 0 Å². The Bertz CT molecular complexity index is 409. The number of piperidine rings is 1. The fourth-order valence-electron chi connectivity index (χ4n) is 2.69. The lowest BCUT2D eigenvalue weighted by Gasteiger charge is -2.29. The number of nitrogens with zero attached hydrogens (tertiary/aromatic N) is 1. The van der Waals surface area contributed by atoms with Gasteiger partial charge in [-0.15, -0.1) is 0 Å². The summed E-state index contributed by atoms with van der Waals surface area (Å²) in [5.74, 6) is 0.483. The van der Waals surface area contributed by atoms with Gasteiger partial charge < -0.3 is 10.6 Å². The Morgan fingerprint density at radius 2 is 2.00 bits per heavy atom. The van der Waals surface area contributed by atoms with Crippen LogP contribution in [0.5, 0.6) is 0 Å². The summed E-state index contributed by atoms with van der Waals surface area (Å²) in [5.41, 5.74) is 7.18. The Morgan fingerprint density at radius 1 is 1.33 bits per heavy atom. The van der Waals surface area contributed by atoms with Crippen molar-refractivity contribution in [3.8, 4) is 0 Å². The Hall–Kier alpha value is -1.35. The molecule has 1 aliphatic rings. The second-order valence-electron chi connectivity index (χ2n) is 5.31. The maximum Gasteiger partial charge on any atom is 0.248 e. The van der Waals surface area contributed by atoms with Gasteiger partial charge in [0.25, 0.3) is 0 Å². The number of primary amides is 1. The molecule has 0 aliphatic carbocycles. The molecule has 1 amide bonds. The lowest BCUT2D eigenvalue weighted by Crippen LogP contribution is -2.30. The minimum Gasteiger partial charge on any atom is -0.366 e. The van der Waals surface area contributed by atoms with Crippen LogP contribution in [0, 0.1) is 5.92 Å². The molecule has 1 aromatic carbocycles. The van der Waals surface area contributed by atoms with E-state index in [9.17, 15) is 4.79 Å². The first-order valence-corrected chi connectivity index (χ1v) is 6.73. The van der Waals surface area contributed by atoms with Gasteiger partial charge in [-0.05, 0) is 63.4 Å². The highest BCUT2D eigenvalue weighted by Crippen LogP contribution is 2.22. The van der Waals surface area contributed by atoms with E-state index in [1.165, 1.54) is 25.9 Å². The molecular formula is C15H22N2O. The molecule has 1 heterocycles. The molecule has 1 fully saturated rings. The van der Waals surface area contributed by atoms with Crippen LogP contribution < -0.4 is 5.73 Å². The quantitative estimate of drug-likeness (QED) is 0.884. The number of carbonyl (C=O) groups is 1. The molecule has 0 aromatic heterocycles. The van der Waals surface area contributed by atoms with Gasteiger partial charge in [-0.2, -0.15) is 0 Å². The maximum absolute atomic E-state index is 11.3. The monoisotopic (exact) mass is 246 g/mol. The van der Waals surface area contributed by atoms with E-state index in [4.69, 9.17) is 5.73 Å². The SMILES string of the molecule is CN1CCC(CCc2ccccc2C(N)=O)CC1. The van der Waals surface area contributed by atoms with Crippen LogP contribution in [0.3, 0.4) is 0 Å². The lowest BCUT2D eigenvalue weighted by molar-refractivity contribution is 0.0999. The van der Waals surface area contributed by atoms with Crippen LogP contribution >= 0.6 is 0 Å². The minimum absolute atomic E-state index is 0.311. The van der Waals surface area contributed by atoms with Gasteiger partial charge in [0.05, 0.1) is 0 Å². The topological polar surface area (TPSA) is 46.3 Å². The molecule has 0 atom stereocenters. The van der Waals surface area contributed by atoms with Gasteiger partial charge in [0, 0.05) is 5.56 Å². The number of hydrogen-bond donors (Lipinski definition) is 1. The Kier molecular flexibility index (Phi) is 4.37. The second-order valence-corrected chi connectivity index (χ2v) is 5.31. The zero-order valence-electron chi connectivity index (χ0n) is 11.1. The predicted molar refractivity (Wildman–Crippen MR) is 73.5 cm³/mol. The van der Waals surface area contributed by atoms with Crippen molar-refractivity contribution in [2.24, 2.45) is 11.7 Å². The first-order chi connectivity index (χ1) is 8.66. The van der Waals surface area contributed by atoms with Gasteiger partial charge in [-0.3, -0.25) is 4.79 Å². The van der Waals surface area contributed by atoms with Crippen molar-refractivity contribution in [3.05, 3.63) is 35.4 Å². The van der Waals surface area contributed by atoms with Crippen molar-refractivity contribution >= 4 is 5.91 Å². The van der Waals surface area contributed by atoms with Crippen LogP contribution in [-0.4, -0.2) is 30.9 Å². The number of benzene rings is 1. The summed E-state index contributed by atoms with van der Waals surface area (Å²) in [6.07, 6.45) is 4.68. The summed E-state index contributed by atoms with van der Waals surface area (Å²) in [7, 11) is 2.18. The first-order valence-electron chi connectivity index (χ1n) is 6.73. The Morgan fingerprint density at radius 3 is 2.67 bits per heavy atom. The number of nitrogens with two attached hydrogens (primary N) is 1. The van der Waals surface area contributed by atoms with Crippen molar-refractivity contribution in [3.63, 3.8) is 0 Å². The summed E-state index contributed by atoms with van der Waals surface area (Å²) in [4.78, 5) is 13.7. The normalized spacial score (nSPS) is 17.8. The molecule has 0 saturated carbocycles. The minimum atomic E-state index is -0.311. The maximum atomic E-state index is 11.3. The molecule has 2 rings (SSSR count). The number of rotatable bonds is 4. The van der Waals surface area contributed by atoms with E-state index < -0.39 is 0 Å². The predicted octanol–water partition coefficient (Wildman–Crippen LogP) is 2.06. The molecule has 0 radical (unpaired) electrons. The molecule has 2 N–H and O–H groups in total. The molecule has 0 bridgehead atoms. The van der Waals surface area contributed by atoms with Gasteiger partial charge in [-0.25, -0.2) is 0 Å². The highest BCUT2D eigenvalue weighted by molar-refractivity contribution is 5.94. The van der Waals surface area contributed by atoms with Crippen molar-refractivity contribution in [2.45, 2.75) is 25.7 Å². The highest BCUT2D eigenvalue weighted by Gasteiger charge is 2.17. The fourth-order valence-corrected chi connectivity index (χ4v) is 2.69. The highest BCUT2D eigenvalue weighted by atomic mass is 16.1. The summed E-state index contributed by atoms with van der Waals surface area (Å²) in [6, 6.07) is 7.71. The van der Waals surface area contributed by atoms with Crippen LogP contribution in [0.25, 0.3) is 0 Å². The third-order valence-electron chi connectivity index (χ3n) is 3.94. The van der Waals surface area contributed by atoms with Crippen LogP contribution in [0.4, 0.5) is 0 Å². The molecule has 1 saturated heterocycles. The van der Waals surface area contributed by atoms with Crippen molar-refractivity contribution in [1.29, 1.82) is 0 Å². The number of hydrogen-bond acceptors (Lipinski definition) is 2. The van der Waals surface area contributed by atoms with E-state index in [1.54, 1.807) is 0 Å². The first kappa shape index (κ1) is 13.1. The Labute approximate surface area is 109 Å². The summed E-state index contributed by atoms with van der Waals surface area (Å²) in [5, 5.41) is 0. The molecule has 98 valence electrons. The van der Waals surface area contributed by atoms with E-state index in [-0.39, 0.29) is 5.91 Å². The number of amides is 1. The van der Waals surface area contributed by atoms with Crippen LogP contribution in [-0.2, 0) is 6.42 Å². The van der Waals surface area contributed by atoms with Gasteiger partial charge in [0.1, 0.15) is 0 Å². The average Bonchev–Trinajstić information content (AvgIpc) is 2.38. The lowest BCUT2D eigenvalue weighted by atomic mass is 9.89. The zero-order chi connectivity index (χ0) is 13.0. The third-order valence-corrected chi connectivity index (χ3v) is 3.94. The molecule has 3 heteroatoms. The molecule has 1 aromatic rings. The van der Waals surface area contributed by atoms with Crippen LogP contribution in [0.2, 0.25) is 0 Å². The van der Waals surface area contributed by atoms with Crippen molar-refractivity contribution < 1.29 is 4.79 Å². The number of likely N-dealkylation sites (tertiary alicyclic amines) is 1. The summed E-state index contributed by atoms with van der Waals surface area (Å²) < 4.78 is 0. The van der Waals surface area contributed by atoms with E-state index in [0.29, 0.717) is 5.56 Å². The third kappa shape index (κ3) is 3.33. The standard InChI is InChI=1S/C15H22N2O/c1-17-10-8-12(9-11-17)6-7-13-4-2-3-5-14(13)15(16)18/h2-5,12H,6-11H2,1H3,(H2,16,18). The molecule has 0 unspecified atom stereocenters.